The molecule has 0 radical (unpaired) electrons. The highest BCUT2D eigenvalue weighted by Gasteiger charge is 2.60. The number of ketones is 1. The van der Waals surface area contributed by atoms with Crippen LogP contribution in [-0.2, 0) is 36.2 Å². The second-order valence-electron chi connectivity index (χ2n) is 16.2. The van der Waals surface area contributed by atoms with Crippen LogP contribution in [0.5, 0.6) is 5.75 Å². The Kier molecular flexibility index (Phi) is 18.8. The van der Waals surface area contributed by atoms with E-state index in [0.717, 1.165) is 16.4 Å². The number of ether oxygens (including phenoxy) is 3. The highest BCUT2D eigenvalue weighted by Crippen LogP contribution is 2.44. The summed E-state index contributed by atoms with van der Waals surface area (Å²) in [5, 5.41) is 58.1. The smallest absolute Gasteiger partial charge is 0.306 e. The Balaban J connectivity index is 1.63. The van der Waals surface area contributed by atoms with E-state index in [1.807, 2.05) is 20.8 Å². The molecule has 0 saturated carbocycles. The van der Waals surface area contributed by atoms with Gasteiger partial charge in [0.15, 0.2) is 11.5 Å². The molecule has 0 aliphatic carbocycles. The molecule has 2 aliphatic heterocycles. The molecule has 0 bridgehead atoms. The summed E-state index contributed by atoms with van der Waals surface area (Å²) < 4.78 is 47.2. The Morgan fingerprint density at radius 1 is 1.00 bits per heavy atom. The Hall–Kier alpha value is -4.30. The molecule has 11 atom stereocenters. The van der Waals surface area contributed by atoms with Gasteiger partial charge in [-0.25, -0.2) is 0 Å². The van der Waals surface area contributed by atoms with Gasteiger partial charge in [-0.15, -0.1) is 0 Å². The molecule has 2 saturated heterocycles. The first-order valence-electron chi connectivity index (χ1n) is 20.3. The number of pyridine rings is 1. The average molecular weight is 889 g/mol. The molecule has 6 N–H and O–H groups in total. The average Bonchev–Trinajstić information content (AvgIpc) is 3.49. The van der Waals surface area contributed by atoms with E-state index in [1.54, 1.807) is 81.5 Å². The molecule has 62 heavy (non-hydrogen) atoms. The van der Waals surface area contributed by atoms with E-state index in [9.17, 15) is 48.3 Å². The van der Waals surface area contributed by atoms with Crippen molar-refractivity contribution in [3.05, 3.63) is 112 Å². The van der Waals surface area contributed by atoms with Crippen molar-refractivity contribution in [3.8, 4) is 5.75 Å². The number of rotatable bonds is 19. The third-order valence-corrected chi connectivity index (χ3v) is 11.7. The summed E-state index contributed by atoms with van der Waals surface area (Å²) in [7, 11) is -1.09. The fourth-order valence-corrected chi connectivity index (χ4v) is 7.95. The van der Waals surface area contributed by atoms with Gasteiger partial charge in [0.1, 0.15) is 30.0 Å². The van der Waals surface area contributed by atoms with Crippen molar-refractivity contribution in [3.63, 3.8) is 0 Å². The van der Waals surface area contributed by atoms with Crippen molar-refractivity contribution in [2.75, 3.05) is 19.9 Å². The molecule has 1 aromatic heterocycles. The number of hydrogen-bond donors (Lipinski definition) is 6. The zero-order valence-corrected chi connectivity index (χ0v) is 37.9. The molecule has 0 aromatic carbocycles. The topological polar surface area (TPSA) is 240 Å². The van der Waals surface area contributed by atoms with Gasteiger partial charge < -0.3 is 53.8 Å². The molecule has 3 rings (SSSR count). The molecule has 1 amide bonds. The van der Waals surface area contributed by atoms with Crippen molar-refractivity contribution in [2.24, 2.45) is 24.3 Å². The van der Waals surface area contributed by atoms with Crippen molar-refractivity contribution in [1.29, 1.82) is 0 Å². The van der Waals surface area contributed by atoms with E-state index in [0.29, 0.717) is 0 Å². The number of aromatic nitrogens is 1. The summed E-state index contributed by atoms with van der Waals surface area (Å²) >= 11 is 0. The number of aliphatic hydroxyl groups is 5. The van der Waals surface area contributed by atoms with Crippen LogP contribution in [0.2, 0.25) is 0 Å². The van der Waals surface area contributed by atoms with Crippen LogP contribution in [0.1, 0.15) is 65.2 Å². The number of aliphatic hydroxyl groups excluding tert-OH is 4. The predicted molar refractivity (Wildman–Crippen MR) is 233 cm³/mol. The van der Waals surface area contributed by atoms with Gasteiger partial charge in [0.2, 0.25) is 11.7 Å². The Bertz CT molecular complexity index is 2120. The lowest BCUT2D eigenvalue weighted by molar-refractivity contribution is -0.359. The molecule has 2 aliphatic rings. The van der Waals surface area contributed by atoms with Crippen LogP contribution < -0.4 is 15.1 Å². The van der Waals surface area contributed by atoms with E-state index in [1.165, 1.54) is 45.5 Å². The summed E-state index contributed by atoms with van der Waals surface area (Å²) in [4.78, 5) is 39.2. The predicted octanol–water partition coefficient (Wildman–Crippen LogP) is 2.72. The molecule has 3 heterocycles. The van der Waals surface area contributed by atoms with Crippen molar-refractivity contribution >= 4 is 21.8 Å². The van der Waals surface area contributed by atoms with Gasteiger partial charge in [-0.05, 0) is 44.4 Å². The highest BCUT2D eigenvalue weighted by atomic mass is 32.2. The van der Waals surface area contributed by atoms with Crippen LogP contribution in [0.3, 0.4) is 0 Å². The number of Topliss-reactive ketones (excluding diaryl/α,β-unsaturated/α-hetero) is 1. The molecule has 344 valence electrons. The van der Waals surface area contributed by atoms with E-state index < -0.39 is 105 Å². The van der Waals surface area contributed by atoms with Crippen LogP contribution in [0, 0.1) is 17.3 Å². The molecule has 0 unspecified atom stereocenters. The lowest BCUT2D eigenvalue weighted by atomic mass is 9.71. The minimum absolute atomic E-state index is 0.0656. The third-order valence-electron chi connectivity index (χ3n) is 11.2. The van der Waals surface area contributed by atoms with Gasteiger partial charge in [0.25, 0.3) is 5.56 Å². The quantitative estimate of drug-likeness (QED) is 0.0507. The van der Waals surface area contributed by atoms with E-state index >= 15 is 0 Å². The minimum Gasteiger partial charge on any atom is -0.390 e. The number of allylic oxidation sites excluding steroid dienone is 10. The zero-order valence-electron chi connectivity index (χ0n) is 37.0. The maximum Gasteiger partial charge on any atom is 0.306 e. The summed E-state index contributed by atoms with van der Waals surface area (Å²) in [5.41, 5.74) is -1.25. The second kappa shape index (κ2) is 22.4. The normalized spacial score (nSPS) is 29.0. The minimum atomic E-state index is -4.01. The van der Waals surface area contributed by atoms with E-state index in [4.69, 9.17) is 18.4 Å². The molecule has 2 fully saturated rings. The maximum atomic E-state index is 13.3. The molecule has 17 heteroatoms. The number of hydrogen-bond acceptors (Lipinski definition) is 14. The summed E-state index contributed by atoms with van der Waals surface area (Å²) in [6, 6.07) is 1.22. The standard InChI is InChI=1S/C45H64N2O14S/c1-11-13-15-23-33-44(6,7)40(51)41(52)45(55,60-33)30(12-2)42(53)46-25-19-18-21-28(4)38(58-9)29(5)39-37(50)36(49)32(59-39)22-17-14-16-20-27(3)35(48)34-31(61-62(10,56)57)24-26-47(8)43(34)54/h11,13-24,26,29-30,32-33,36-41,49-52,55H,12,25H2,1-10H3,(H,46,53)/b13-11-,16-14+,19-18+,22-17+,23-15+,27-20+,28-21+/t29-,30-,32-,33+,36+,37+,38-,39+,40+,41-,45-/m1/s1. The van der Waals surface area contributed by atoms with Crippen LogP contribution in [0.15, 0.2) is 101 Å². The molecule has 16 nitrogen and oxygen atoms in total. The summed E-state index contributed by atoms with van der Waals surface area (Å²) in [6.45, 7) is 12.1. The van der Waals surface area contributed by atoms with Crippen LogP contribution in [-0.4, -0.2) is 125 Å². The largest absolute Gasteiger partial charge is 0.390 e. The first-order chi connectivity index (χ1) is 29.0. The number of carbonyl (C=O) groups is 2. The van der Waals surface area contributed by atoms with Crippen molar-refractivity contribution in [1.82, 2.24) is 9.88 Å². The lowest BCUT2D eigenvalue weighted by Crippen LogP contribution is -2.69. The third kappa shape index (κ3) is 12.4. The van der Waals surface area contributed by atoms with E-state index in [-0.39, 0.29) is 24.3 Å². The number of nitrogens with one attached hydrogen (secondary N) is 1. The van der Waals surface area contributed by atoms with Gasteiger partial charge >= 0.3 is 10.1 Å². The van der Waals surface area contributed by atoms with Crippen molar-refractivity contribution < 1.29 is 61.9 Å². The maximum absolute atomic E-state index is 13.3. The Morgan fingerprint density at radius 3 is 2.27 bits per heavy atom. The Labute approximate surface area is 364 Å². The van der Waals surface area contributed by atoms with Crippen LogP contribution in [0.4, 0.5) is 0 Å². The monoisotopic (exact) mass is 888 g/mol. The summed E-state index contributed by atoms with van der Waals surface area (Å²) in [5.74, 6) is -5.68. The van der Waals surface area contributed by atoms with Gasteiger partial charge in [0.05, 0.1) is 36.6 Å². The van der Waals surface area contributed by atoms with Gasteiger partial charge in [-0.2, -0.15) is 8.42 Å². The van der Waals surface area contributed by atoms with Crippen LogP contribution >= 0.6 is 0 Å². The number of amides is 1. The van der Waals surface area contributed by atoms with Gasteiger partial charge in [-0.1, -0.05) is 101 Å². The molecular formula is C45H64N2O14S. The SMILES string of the molecule is C/C=C\C=C\[C@@H]1O[C@](O)([C@H](CC)C(=O)NC/C=C/C=C(\C)[C@@H](OC)[C@@H](C)[C@@H]2O[C@H](/C=C/C=C/C=C(\C)C(=O)c3c(OS(C)(=O)=O)ccn(C)c3=O)[C@H](O)[C@@H]2O)[C@H](O)[C@H](O)C1(C)C. The van der Waals surface area contributed by atoms with Crippen molar-refractivity contribution in [2.45, 2.75) is 110 Å². The molecular weight excluding hydrogens is 825 g/mol. The summed E-state index contributed by atoms with van der Waals surface area (Å²) in [6.07, 6.45) is 13.2. The second-order valence-corrected chi connectivity index (χ2v) is 17.8. The van der Waals surface area contributed by atoms with Crippen LogP contribution in [0.25, 0.3) is 0 Å². The number of carbonyl (C=O) groups excluding carboxylic acids is 2. The number of methoxy groups -OCH3 is 1. The number of aryl methyl sites for hydroxylation is 1. The fraction of sp³-hybridized carbons (Fsp3) is 0.533. The molecule has 0 spiro atoms. The Morgan fingerprint density at radius 2 is 1.66 bits per heavy atom. The van der Waals surface area contributed by atoms with Gasteiger partial charge in [0, 0.05) is 38.2 Å². The number of nitrogens with zero attached hydrogens (tertiary/aromatic N) is 1. The zero-order chi connectivity index (χ0) is 46.7. The first-order valence-corrected chi connectivity index (χ1v) is 22.2. The highest BCUT2D eigenvalue weighted by molar-refractivity contribution is 7.86. The van der Waals surface area contributed by atoms with Gasteiger partial charge in [-0.3, -0.25) is 14.4 Å². The van der Waals surface area contributed by atoms with E-state index in [2.05, 4.69) is 5.32 Å². The first kappa shape index (κ1) is 52.0. The molecule has 1 aromatic rings. The lowest BCUT2D eigenvalue weighted by Gasteiger charge is -2.53. The fourth-order valence-electron chi connectivity index (χ4n) is 7.49.